The lowest BCUT2D eigenvalue weighted by Gasteiger charge is -2.28. The standard InChI is InChI=1S/C11H15FN2O/c1-14(2)11-4-3-8(5-10(11)12)15-9-6-13-7-9/h3-5,9,13H,6-7H2,1-2H3. The van der Waals surface area contributed by atoms with Gasteiger partial charge in [-0.25, -0.2) is 4.39 Å². The minimum absolute atomic E-state index is 0.189. The van der Waals surface area contributed by atoms with Crippen molar-refractivity contribution in [3.8, 4) is 5.75 Å². The summed E-state index contributed by atoms with van der Waals surface area (Å²) in [5, 5.41) is 3.10. The molecule has 82 valence electrons. The summed E-state index contributed by atoms with van der Waals surface area (Å²) in [5.74, 6) is 0.356. The molecular weight excluding hydrogens is 195 g/mol. The lowest BCUT2D eigenvalue weighted by Crippen LogP contribution is -2.50. The van der Waals surface area contributed by atoms with E-state index < -0.39 is 0 Å². The van der Waals surface area contributed by atoms with E-state index in [1.54, 1.807) is 17.0 Å². The molecule has 1 aromatic carbocycles. The van der Waals surface area contributed by atoms with Crippen molar-refractivity contribution in [2.45, 2.75) is 6.10 Å². The molecule has 1 aliphatic heterocycles. The first kappa shape index (κ1) is 10.2. The topological polar surface area (TPSA) is 24.5 Å². The molecule has 1 aliphatic rings. The second-order valence-electron chi connectivity index (χ2n) is 3.91. The van der Waals surface area contributed by atoms with Crippen LogP contribution in [-0.2, 0) is 0 Å². The Balaban J connectivity index is 2.10. The van der Waals surface area contributed by atoms with Crippen LogP contribution in [0.15, 0.2) is 18.2 Å². The number of ether oxygens (including phenoxy) is 1. The van der Waals surface area contributed by atoms with Gasteiger partial charge in [-0.1, -0.05) is 0 Å². The van der Waals surface area contributed by atoms with Gasteiger partial charge < -0.3 is 15.0 Å². The second-order valence-corrected chi connectivity index (χ2v) is 3.91. The van der Waals surface area contributed by atoms with Crippen LogP contribution in [-0.4, -0.2) is 33.3 Å². The third-order valence-electron chi connectivity index (χ3n) is 2.45. The molecule has 0 spiro atoms. The Labute approximate surface area is 88.8 Å². The molecule has 0 saturated carbocycles. The summed E-state index contributed by atoms with van der Waals surface area (Å²) in [7, 11) is 3.63. The maximum absolute atomic E-state index is 13.5. The van der Waals surface area contributed by atoms with Crippen molar-refractivity contribution in [2.75, 3.05) is 32.1 Å². The number of benzene rings is 1. The first-order valence-electron chi connectivity index (χ1n) is 5.01. The van der Waals surface area contributed by atoms with Crippen molar-refractivity contribution < 1.29 is 9.13 Å². The number of anilines is 1. The van der Waals surface area contributed by atoms with E-state index >= 15 is 0 Å². The van der Waals surface area contributed by atoms with E-state index in [0.717, 1.165) is 13.1 Å². The number of hydrogen-bond acceptors (Lipinski definition) is 3. The van der Waals surface area contributed by atoms with Crippen molar-refractivity contribution in [3.63, 3.8) is 0 Å². The fourth-order valence-electron chi connectivity index (χ4n) is 1.46. The smallest absolute Gasteiger partial charge is 0.150 e. The first-order chi connectivity index (χ1) is 7.16. The average molecular weight is 210 g/mol. The van der Waals surface area contributed by atoms with Gasteiger partial charge in [0.1, 0.15) is 17.7 Å². The van der Waals surface area contributed by atoms with Gasteiger partial charge in [-0.2, -0.15) is 0 Å². The summed E-state index contributed by atoms with van der Waals surface area (Å²) in [5.41, 5.74) is 0.578. The van der Waals surface area contributed by atoms with Crippen LogP contribution in [0.2, 0.25) is 0 Å². The summed E-state index contributed by atoms with van der Waals surface area (Å²) >= 11 is 0. The summed E-state index contributed by atoms with van der Waals surface area (Å²) in [6.07, 6.45) is 0.189. The highest BCUT2D eigenvalue weighted by Crippen LogP contribution is 2.23. The average Bonchev–Trinajstić information content (AvgIpc) is 2.11. The fraction of sp³-hybridized carbons (Fsp3) is 0.455. The molecular formula is C11H15FN2O. The van der Waals surface area contributed by atoms with E-state index in [2.05, 4.69) is 5.32 Å². The molecule has 0 aromatic heterocycles. The van der Waals surface area contributed by atoms with E-state index in [1.165, 1.54) is 6.07 Å². The predicted molar refractivity (Wildman–Crippen MR) is 58.0 cm³/mol. The van der Waals surface area contributed by atoms with Crippen LogP contribution in [0.25, 0.3) is 0 Å². The Bertz CT molecular complexity index is 350. The van der Waals surface area contributed by atoms with Crippen LogP contribution in [0.3, 0.4) is 0 Å². The number of nitrogens with one attached hydrogen (secondary N) is 1. The Kier molecular flexibility index (Phi) is 2.77. The summed E-state index contributed by atoms with van der Waals surface area (Å²) in [6, 6.07) is 4.97. The number of rotatable bonds is 3. The van der Waals surface area contributed by atoms with Gasteiger partial charge in [-0.05, 0) is 12.1 Å². The summed E-state index contributed by atoms with van der Waals surface area (Å²) in [4.78, 5) is 1.74. The van der Waals surface area contributed by atoms with Gasteiger partial charge in [-0.15, -0.1) is 0 Å². The Morgan fingerprint density at radius 1 is 1.40 bits per heavy atom. The molecule has 0 radical (unpaired) electrons. The quantitative estimate of drug-likeness (QED) is 0.812. The summed E-state index contributed by atoms with van der Waals surface area (Å²) < 4.78 is 19.1. The SMILES string of the molecule is CN(C)c1ccc(OC2CNC2)cc1F. The number of nitrogens with zero attached hydrogens (tertiary/aromatic N) is 1. The highest BCUT2D eigenvalue weighted by molar-refractivity contribution is 5.49. The van der Waals surface area contributed by atoms with Gasteiger partial charge >= 0.3 is 0 Å². The third kappa shape index (κ3) is 2.21. The molecule has 1 heterocycles. The van der Waals surface area contributed by atoms with Crippen LogP contribution < -0.4 is 15.0 Å². The van der Waals surface area contributed by atoms with E-state index in [4.69, 9.17) is 4.74 Å². The molecule has 0 amide bonds. The van der Waals surface area contributed by atoms with E-state index in [1.807, 2.05) is 14.1 Å². The molecule has 1 saturated heterocycles. The van der Waals surface area contributed by atoms with Crippen LogP contribution in [0.4, 0.5) is 10.1 Å². The third-order valence-corrected chi connectivity index (χ3v) is 2.45. The van der Waals surface area contributed by atoms with Crippen molar-refractivity contribution >= 4 is 5.69 Å². The maximum Gasteiger partial charge on any atom is 0.150 e. The predicted octanol–water partition coefficient (Wildman–Crippen LogP) is 1.24. The highest BCUT2D eigenvalue weighted by atomic mass is 19.1. The van der Waals surface area contributed by atoms with Gasteiger partial charge in [0.25, 0.3) is 0 Å². The van der Waals surface area contributed by atoms with Gasteiger partial charge in [-0.3, -0.25) is 0 Å². The molecule has 0 aliphatic carbocycles. The molecule has 0 bridgehead atoms. The molecule has 2 rings (SSSR count). The van der Waals surface area contributed by atoms with Gasteiger partial charge in [0.15, 0.2) is 0 Å². The van der Waals surface area contributed by atoms with Crippen molar-refractivity contribution in [3.05, 3.63) is 24.0 Å². The lowest BCUT2D eigenvalue weighted by molar-refractivity contribution is 0.142. The second kappa shape index (κ2) is 4.06. The number of halogens is 1. The molecule has 4 heteroatoms. The summed E-state index contributed by atoms with van der Waals surface area (Å²) in [6.45, 7) is 1.69. The lowest BCUT2D eigenvalue weighted by atomic mass is 10.2. The molecule has 1 aromatic rings. The van der Waals surface area contributed by atoms with Gasteiger partial charge in [0, 0.05) is 33.3 Å². The zero-order valence-corrected chi connectivity index (χ0v) is 8.96. The largest absolute Gasteiger partial charge is 0.488 e. The monoisotopic (exact) mass is 210 g/mol. The number of hydrogen-bond donors (Lipinski definition) is 1. The Morgan fingerprint density at radius 2 is 2.13 bits per heavy atom. The molecule has 1 N–H and O–H groups in total. The Morgan fingerprint density at radius 3 is 2.60 bits per heavy atom. The molecule has 3 nitrogen and oxygen atoms in total. The van der Waals surface area contributed by atoms with Gasteiger partial charge in [0.05, 0.1) is 5.69 Å². The van der Waals surface area contributed by atoms with Crippen molar-refractivity contribution in [1.29, 1.82) is 0 Å². The molecule has 15 heavy (non-hydrogen) atoms. The van der Waals surface area contributed by atoms with Crippen LogP contribution >= 0.6 is 0 Å². The first-order valence-corrected chi connectivity index (χ1v) is 5.01. The van der Waals surface area contributed by atoms with E-state index in [9.17, 15) is 4.39 Å². The van der Waals surface area contributed by atoms with E-state index in [0.29, 0.717) is 11.4 Å². The zero-order chi connectivity index (χ0) is 10.8. The van der Waals surface area contributed by atoms with E-state index in [-0.39, 0.29) is 11.9 Å². The zero-order valence-electron chi connectivity index (χ0n) is 8.96. The normalized spacial score (nSPS) is 15.9. The van der Waals surface area contributed by atoms with Crippen molar-refractivity contribution in [2.24, 2.45) is 0 Å². The maximum atomic E-state index is 13.5. The molecule has 0 atom stereocenters. The van der Waals surface area contributed by atoms with Gasteiger partial charge in [0.2, 0.25) is 0 Å². The molecule has 0 unspecified atom stereocenters. The fourth-order valence-corrected chi connectivity index (χ4v) is 1.46. The Hall–Kier alpha value is -1.29. The van der Waals surface area contributed by atoms with Crippen LogP contribution in [0.1, 0.15) is 0 Å². The minimum Gasteiger partial charge on any atom is -0.488 e. The molecule has 1 fully saturated rings. The highest BCUT2D eigenvalue weighted by Gasteiger charge is 2.18. The minimum atomic E-state index is -0.246. The van der Waals surface area contributed by atoms with Crippen LogP contribution in [0, 0.1) is 5.82 Å². The van der Waals surface area contributed by atoms with Crippen LogP contribution in [0.5, 0.6) is 5.75 Å². The van der Waals surface area contributed by atoms with Crippen molar-refractivity contribution in [1.82, 2.24) is 5.32 Å².